The summed E-state index contributed by atoms with van der Waals surface area (Å²) in [5.41, 5.74) is -0.154. The molecule has 6 nitrogen and oxygen atoms in total. The maximum atomic E-state index is 12.6. The second-order valence-electron chi connectivity index (χ2n) is 7.97. The molecule has 3 rings (SSSR count). The van der Waals surface area contributed by atoms with Crippen LogP contribution in [0.5, 0.6) is 0 Å². The Kier molecular flexibility index (Phi) is 6.18. The van der Waals surface area contributed by atoms with Gasteiger partial charge in [0.2, 0.25) is 5.91 Å². The Morgan fingerprint density at radius 2 is 1.89 bits per heavy atom. The van der Waals surface area contributed by atoms with Gasteiger partial charge in [-0.05, 0) is 38.5 Å². The number of piperidine rings is 1. The summed E-state index contributed by atoms with van der Waals surface area (Å²) in [5.74, 6) is -0.663. The van der Waals surface area contributed by atoms with Crippen molar-refractivity contribution >= 4 is 11.9 Å². The maximum Gasteiger partial charge on any atom is 0.406 e. The minimum absolute atomic E-state index is 0.0400. The number of halogens is 3. The molecule has 154 valence electrons. The van der Waals surface area contributed by atoms with E-state index in [4.69, 9.17) is 4.74 Å². The summed E-state index contributed by atoms with van der Waals surface area (Å²) in [4.78, 5) is 25.3. The highest BCUT2D eigenvalue weighted by atomic mass is 19.4. The number of rotatable bonds is 3. The standard InChI is InChI=1S/C18H28F3N3O3/c19-18(20,21)12-24-9-4-5-14(15(24)25)23-16(26)22-13-6-10-27-17(11-13)7-2-1-3-8-17/h13-14H,1-12H2,(H2,22,23,26)/t13-,14-/m1/s1. The molecule has 0 aromatic heterocycles. The number of hydrogen-bond acceptors (Lipinski definition) is 3. The van der Waals surface area contributed by atoms with Crippen LogP contribution in [0.3, 0.4) is 0 Å². The van der Waals surface area contributed by atoms with Crippen molar-refractivity contribution in [3.8, 4) is 0 Å². The molecule has 2 N–H and O–H groups in total. The third kappa shape index (κ3) is 5.49. The highest BCUT2D eigenvalue weighted by Crippen LogP contribution is 2.38. The van der Waals surface area contributed by atoms with Crippen molar-refractivity contribution in [2.45, 2.75) is 81.6 Å². The van der Waals surface area contributed by atoms with Gasteiger partial charge in [0.15, 0.2) is 0 Å². The maximum absolute atomic E-state index is 12.6. The van der Waals surface area contributed by atoms with Crippen molar-refractivity contribution < 1.29 is 27.5 Å². The highest BCUT2D eigenvalue weighted by molar-refractivity contribution is 5.87. The molecule has 1 aliphatic carbocycles. The molecule has 3 aliphatic rings. The van der Waals surface area contributed by atoms with Gasteiger partial charge in [-0.3, -0.25) is 4.79 Å². The normalized spacial score (nSPS) is 28.9. The Balaban J connectivity index is 1.50. The van der Waals surface area contributed by atoms with Crippen LogP contribution in [0.2, 0.25) is 0 Å². The van der Waals surface area contributed by atoms with Gasteiger partial charge in [-0.25, -0.2) is 4.79 Å². The summed E-state index contributed by atoms with van der Waals surface area (Å²) in [6.45, 7) is -0.610. The van der Waals surface area contributed by atoms with Gasteiger partial charge in [-0.15, -0.1) is 0 Å². The van der Waals surface area contributed by atoms with Crippen molar-refractivity contribution in [3.05, 3.63) is 0 Å². The minimum atomic E-state index is -4.43. The molecule has 0 bridgehead atoms. The lowest BCUT2D eigenvalue weighted by Gasteiger charge is -2.43. The van der Waals surface area contributed by atoms with Crippen LogP contribution in [-0.2, 0) is 9.53 Å². The molecular formula is C18H28F3N3O3. The number of nitrogens with one attached hydrogen (secondary N) is 2. The molecule has 2 heterocycles. The first kappa shape index (κ1) is 20.2. The summed E-state index contributed by atoms with van der Waals surface area (Å²) in [6, 6.07) is -1.42. The van der Waals surface area contributed by atoms with Gasteiger partial charge in [0.05, 0.1) is 5.60 Å². The van der Waals surface area contributed by atoms with E-state index in [2.05, 4.69) is 10.6 Å². The monoisotopic (exact) mass is 391 g/mol. The van der Waals surface area contributed by atoms with Crippen LogP contribution in [0.25, 0.3) is 0 Å². The first-order chi connectivity index (χ1) is 12.8. The van der Waals surface area contributed by atoms with Crippen LogP contribution < -0.4 is 10.6 Å². The molecule has 3 fully saturated rings. The lowest BCUT2D eigenvalue weighted by molar-refractivity contribution is -0.164. The Labute approximate surface area is 157 Å². The zero-order valence-electron chi connectivity index (χ0n) is 15.4. The number of urea groups is 1. The smallest absolute Gasteiger partial charge is 0.375 e. The average molecular weight is 391 g/mol. The van der Waals surface area contributed by atoms with Crippen LogP contribution in [-0.4, -0.2) is 60.4 Å². The van der Waals surface area contributed by atoms with E-state index in [9.17, 15) is 22.8 Å². The van der Waals surface area contributed by atoms with E-state index in [0.29, 0.717) is 25.9 Å². The van der Waals surface area contributed by atoms with Crippen molar-refractivity contribution in [1.29, 1.82) is 0 Å². The number of carbonyl (C=O) groups excluding carboxylic acids is 2. The van der Waals surface area contributed by atoms with Crippen LogP contribution in [0.15, 0.2) is 0 Å². The van der Waals surface area contributed by atoms with Gasteiger partial charge in [0.1, 0.15) is 12.6 Å². The van der Waals surface area contributed by atoms with Crippen LogP contribution in [0, 0.1) is 0 Å². The van der Waals surface area contributed by atoms with Crippen LogP contribution in [0.1, 0.15) is 57.8 Å². The lowest BCUT2D eigenvalue weighted by Crippen LogP contribution is -2.58. The molecule has 1 spiro atoms. The predicted octanol–water partition coefficient (Wildman–Crippen LogP) is 2.72. The van der Waals surface area contributed by atoms with Crippen molar-refractivity contribution in [2.24, 2.45) is 0 Å². The topological polar surface area (TPSA) is 70.7 Å². The van der Waals surface area contributed by atoms with Gasteiger partial charge in [-0.1, -0.05) is 19.3 Å². The fourth-order valence-corrected chi connectivity index (χ4v) is 4.53. The molecule has 27 heavy (non-hydrogen) atoms. The van der Waals surface area contributed by atoms with Crippen molar-refractivity contribution in [1.82, 2.24) is 15.5 Å². The molecule has 0 radical (unpaired) electrons. The summed E-state index contributed by atoms with van der Waals surface area (Å²) in [7, 11) is 0. The van der Waals surface area contributed by atoms with Crippen LogP contribution >= 0.6 is 0 Å². The SMILES string of the molecule is O=C(N[C@@H]1CCOC2(CCCCC2)C1)N[C@@H]1CCCN(CC(F)(F)F)C1=O. The van der Waals surface area contributed by atoms with E-state index in [1.165, 1.54) is 6.42 Å². The molecule has 2 aliphatic heterocycles. The van der Waals surface area contributed by atoms with Crippen molar-refractivity contribution in [2.75, 3.05) is 19.7 Å². The number of carbonyl (C=O) groups is 2. The third-order valence-electron chi connectivity index (χ3n) is 5.80. The number of amides is 3. The Morgan fingerprint density at radius 1 is 1.15 bits per heavy atom. The van der Waals surface area contributed by atoms with E-state index in [-0.39, 0.29) is 18.2 Å². The van der Waals surface area contributed by atoms with E-state index in [1.807, 2.05) is 0 Å². The lowest BCUT2D eigenvalue weighted by atomic mass is 9.78. The largest absolute Gasteiger partial charge is 0.406 e. The average Bonchev–Trinajstić information content (AvgIpc) is 2.58. The van der Waals surface area contributed by atoms with Crippen LogP contribution in [0.4, 0.5) is 18.0 Å². The zero-order valence-corrected chi connectivity index (χ0v) is 15.4. The number of ether oxygens (including phenoxy) is 1. The summed E-state index contributed by atoms with van der Waals surface area (Å²) in [5, 5.41) is 5.47. The zero-order chi connectivity index (χ0) is 19.5. The molecule has 0 unspecified atom stereocenters. The first-order valence-electron chi connectivity index (χ1n) is 9.83. The quantitative estimate of drug-likeness (QED) is 0.777. The molecule has 2 atom stereocenters. The number of likely N-dealkylation sites (tertiary alicyclic amines) is 1. The fourth-order valence-electron chi connectivity index (χ4n) is 4.53. The van der Waals surface area contributed by atoms with Gasteiger partial charge >= 0.3 is 12.2 Å². The second-order valence-corrected chi connectivity index (χ2v) is 7.97. The van der Waals surface area contributed by atoms with Gasteiger partial charge in [-0.2, -0.15) is 13.2 Å². The highest BCUT2D eigenvalue weighted by Gasteiger charge is 2.40. The molecule has 0 aromatic carbocycles. The second kappa shape index (κ2) is 8.24. The number of alkyl halides is 3. The van der Waals surface area contributed by atoms with E-state index in [1.54, 1.807) is 0 Å². The minimum Gasteiger partial charge on any atom is -0.375 e. The fraction of sp³-hybridized carbons (Fsp3) is 0.889. The van der Waals surface area contributed by atoms with E-state index < -0.39 is 30.7 Å². The molecule has 2 saturated heterocycles. The summed E-state index contributed by atoms with van der Waals surface area (Å²) < 4.78 is 43.7. The van der Waals surface area contributed by atoms with Gasteiger partial charge in [0.25, 0.3) is 0 Å². The Hall–Kier alpha value is -1.51. The third-order valence-corrected chi connectivity index (χ3v) is 5.80. The van der Waals surface area contributed by atoms with E-state index in [0.717, 1.165) is 37.0 Å². The number of nitrogens with zero attached hydrogens (tertiary/aromatic N) is 1. The van der Waals surface area contributed by atoms with Gasteiger partial charge < -0.3 is 20.3 Å². The number of hydrogen-bond donors (Lipinski definition) is 2. The molecule has 0 aromatic rings. The summed E-state index contributed by atoms with van der Waals surface area (Å²) in [6.07, 6.45) is 3.28. The van der Waals surface area contributed by atoms with E-state index >= 15 is 0 Å². The summed E-state index contributed by atoms with van der Waals surface area (Å²) >= 11 is 0. The Morgan fingerprint density at radius 3 is 2.59 bits per heavy atom. The van der Waals surface area contributed by atoms with Gasteiger partial charge in [0, 0.05) is 19.2 Å². The molecular weight excluding hydrogens is 363 g/mol. The molecule has 1 saturated carbocycles. The molecule has 3 amide bonds. The predicted molar refractivity (Wildman–Crippen MR) is 92.1 cm³/mol. The van der Waals surface area contributed by atoms with Crippen molar-refractivity contribution in [3.63, 3.8) is 0 Å². The Bertz CT molecular complexity index is 544. The first-order valence-corrected chi connectivity index (χ1v) is 9.83. The molecule has 9 heteroatoms.